The number of hydrogen-bond donors (Lipinski definition) is 0. The van der Waals surface area contributed by atoms with Crippen molar-refractivity contribution >= 4 is 11.4 Å². The molecule has 0 spiro atoms. The Labute approximate surface area is 77.0 Å². The standard InChI is InChI=1S/C7H6N2.C3H6O/c1-2-5-9-6-4-8-7(9)3-1;1-3(2)4/h1-6H;1-2H3. The molecule has 0 amide bonds. The first-order valence-corrected chi connectivity index (χ1v) is 4.05. The quantitative estimate of drug-likeness (QED) is 0.614. The number of aromatic nitrogens is 2. The SMILES string of the molecule is CC(C)=O.c1ccn2ccnc2c1. The monoisotopic (exact) mass is 176 g/mol. The number of pyridine rings is 1. The minimum Gasteiger partial charge on any atom is -0.307 e. The van der Waals surface area contributed by atoms with Crippen LogP contribution in [0, 0.1) is 0 Å². The maximum atomic E-state index is 9.44. The molecule has 2 aromatic rings. The first-order valence-electron chi connectivity index (χ1n) is 4.05. The van der Waals surface area contributed by atoms with Crippen LogP contribution in [0.1, 0.15) is 13.8 Å². The van der Waals surface area contributed by atoms with Crippen LogP contribution in [0.5, 0.6) is 0 Å². The van der Waals surface area contributed by atoms with Crippen molar-refractivity contribution < 1.29 is 4.79 Å². The van der Waals surface area contributed by atoms with Crippen molar-refractivity contribution in [3.05, 3.63) is 36.8 Å². The Morgan fingerprint density at radius 2 is 2.00 bits per heavy atom. The van der Waals surface area contributed by atoms with Crippen LogP contribution in [0.4, 0.5) is 0 Å². The van der Waals surface area contributed by atoms with E-state index in [0.29, 0.717) is 0 Å². The van der Waals surface area contributed by atoms with E-state index in [1.54, 1.807) is 6.20 Å². The molecule has 13 heavy (non-hydrogen) atoms. The maximum absolute atomic E-state index is 9.44. The molecular formula is C10H12N2O. The Morgan fingerprint density at radius 1 is 1.31 bits per heavy atom. The van der Waals surface area contributed by atoms with E-state index in [-0.39, 0.29) is 5.78 Å². The molecule has 0 aromatic carbocycles. The molecule has 0 saturated heterocycles. The molecule has 0 bridgehead atoms. The first kappa shape index (κ1) is 9.45. The van der Waals surface area contributed by atoms with Gasteiger partial charge in [-0.1, -0.05) is 6.07 Å². The van der Waals surface area contributed by atoms with Gasteiger partial charge < -0.3 is 9.20 Å². The van der Waals surface area contributed by atoms with Crippen molar-refractivity contribution in [2.24, 2.45) is 0 Å². The van der Waals surface area contributed by atoms with Gasteiger partial charge in [-0.15, -0.1) is 0 Å². The smallest absolute Gasteiger partial charge is 0.136 e. The number of carbonyl (C=O) groups is 1. The van der Waals surface area contributed by atoms with Gasteiger partial charge in [0.15, 0.2) is 0 Å². The second-order valence-electron chi connectivity index (χ2n) is 2.80. The molecule has 2 aromatic heterocycles. The van der Waals surface area contributed by atoms with E-state index in [1.807, 2.05) is 35.0 Å². The average Bonchev–Trinajstić information content (AvgIpc) is 2.49. The fourth-order valence-corrected chi connectivity index (χ4v) is 0.864. The van der Waals surface area contributed by atoms with E-state index in [2.05, 4.69) is 4.98 Å². The zero-order valence-corrected chi connectivity index (χ0v) is 7.77. The normalized spacial score (nSPS) is 9.08. The fraction of sp³-hybridized carbons (Fsp3) is 0.200. The molecule has 0 fully saturated rings. The summed E-state index contributed by atoms with van der Waals surface area (Å²) < 4.78 is 1.97. The summed E-state index contributed by atoms with van der Waals surface area (Å²) in [6, 6.07) is 5.93. The number of hydrogen-bond acceptors (Lipinski definition) is 2. The Bertz CT molecular complexity index is 358. The van der Waals surface area contributed by atoms with Gasteiger partial charge >= 0.3 is 0 Å². The molecule has 0 atom stereocenters. The van der Waals surface area contributed by atoms with E-state index in [4.69, 9.17) is 0 Å². The molecule has 2 rings (SSSR count). The summed E-state index contributed by atoms with van der Waals surface area (Å²) >= 11 is 0. The van der Waals surface area contributed by atoms with Crippen molar-refractivity contribution in [2.75, 3.05) is 0 Å². The molecule has 0 saturated carbocycles. The molecule has 0 aliphatic heterocycles. The Morgan fingerprint density at radius 3 is 2.62 bits per heavy atom. The van der Waals surface area contributed by atoms with Crippen LogP contribution in [-0.2, 0) is 4.79 Å². The van der Waals surface area contributed by atoms with E-state index in [9.17, 15) is 4.79 Å². The number of fused-ring (bicyclic) bond motifs is 1. The van der Waals surface area contributed by atoms with E-state index < -0.39 is 0 Å². The van der Waals surface area contributed by atoms with Crippen LogP contribution < -0.4 is 0 Å². The maximum Gasteiger partial charge on any atom is 0.136 e. The third-order valence-corrected chi connectivity index (χ3v) is 1.30. The molecule has 68 valence electrons. The number of ketones is 1. The van der Waals surface area contributed by atoms with Gasteiger partial charge in [0.25, 0.3) is 0 Å². The first-order chi connectivity index (χ1) is 6.20. The number of imidazole rings is 1. The molecule has 0 radical (unpaired) electrons. The largest absolute Gasteiger partial charge is 0.307 e. The van der Waals surface area contributed by atoms with Gasteiger partial charge in [-0.3, -0.25) is 0 Å². The highest BCUT2D eigenvalue weighted by atomic mass is 16.1. The van der Waals surface area contributed by atoms with Gasteiger partial charge in [-0.2, -0.15) is 0 Å². The summed E-state index contributed by atoms with van der Waals surface area (Å²) in [4.78, 5) is 13.5. The highest BCUT2D eigenvalue weighted by Gasteiger charge is 1.85. The average molecular weight is 176 g/mol. The molecule has 0 unspecified atom stereocenters. The highest BCUT2D eigenvalue weighted by molar-refractivity contribution is 5.72. The lowest BCUT2D eigenvalue weighted by atomic mass is 10.5. The van der Waals surface area contributed by atoms with E-state index >= 15 is 0 Å². The number of nitrogens with zero attached hydrogens (tertiary/aromatic N) is 2. The minimum absolute atomic E-state index is 0.167. The topological polar surface area (TPSA) is 34.4 Å². The van der Waals surface area contributed by atoms with Crippen LogP contribution in [0.25, 0.3) is 5.65 Å². The summed E-state index contributed by atoms with van der Waals surface area (Å²) in [7, 11) is 0. The van der Waals surface area contributed by atoms with Crippen LogP contribution in [0.15, 0.2) is 36.8 Å². The van der Waals surface area contributed by atoms with Gasteiger partial charge in [0.2, 0.25) is 0 Å². The van der Waals surface area contributed by atoms with Crippen molar-refractivity contribution in [3.8, 4) is 0 Å². The predicted octanol–water partition coefficient (Wildman–Crippen LogP) is 1.93. The fourth-order valence-electron chi connectivity index (χ4n) is 0.864. The van der Waals surface area contributed by atoms with Gasteiger partial charge in [-0.25, -0.2) is 4.98 Å². The van der Waals surface area contributed by atoms with Crippen molar-refractivity contribution in [1.82, 2.24) is 9.38 Å². The Hall–Kier alpha value is -1.64. The van der Waals surface area contributed by atoms with E-state index in [1.165, 1.54) is 13.8 Å². The molecule has 3 heteroatoms. The molecule has 0 aliphatic rings. The predicted molar refractivity (Wildman–Crippen MR) is 51.5 cm³/mol. The Kier molecular flexibility index (Phi) is 3.20. The highest BCUT2D eigenvalue weighted by Crippen LogP contribution is 1.96. The minimum atomic E-state index is 0.167. The molecule has 2 heterocycles. The summed E-state index contributed by atoms with van der Waals surface area (Å²) in [5.41, 5.74) is 0.998. The van der Waals surface area contributed by atoms with Crippen LogP contribution in [-0.4, -0.2) is 15.2 Å². The van der Waals surface area contributed by atoms with Crippen molar-refractivity contribution in [1.29, 1.82) is 0 Å². The summed E-state index contributed by atoms with van der Waals surface area (Å²) in [5.74, 6) is 0.167. The van der Waals surface area contributed by atoms with Gasteiger partial charge in [0, 0.05) is 18.6 Å². The lowest BCUT2D eigenvalue weighted by Gasteiger charge is -1.86. The number of rotatable bonds is 0. The molecular weight excluding hydrogens is 164 g/mol. The van der Waals surface area contributed by atoms with Gasteiger partial charge in [0.05, 0.1) is 0 Å². The lowest BCUT2D eigenvalue weighted by molar-refractivity contribution is -0.114. The number of carbonyl (C=O) groups excluding carboxylic acids is 1. The zero-order valence-electron chi connectivity index (χ0n) is 7.77. The van der Waals surface area contributed by atoms with Gasteiger partial charge in [-0.05, 0) is 26.0 Å². The van der Waals surface area contributed by atoms with E-state index in [0.717, 1.165) is 5.65 Å². The third-order valence-electron chi connectivity index (χ3n) is 1.30. The lowest BCUT2D eigenvalue weighted by Crippen LogP contribution is -1.77. The number of Topliss-reactive ketones (excluding diaryl/α,β-unsaturated/α-hetero) is 1. The Balaban J connectivity index is 0.000000184. The van der Waals surface area contributed by atoms with Crippen molar-refractivity contribution in [2.45, 2.75) is 13.8 Å². The molecule has 3 nitrogen and oxygen atoms in total. The summed E-state index contributed by atoms with van der Waals surface area (Å²) in [5, 5.41) is 0. The summed E-state index contributed by atoms with van der Waals surface area (Å²) in [6.07, 6.45) is 5.69. The van der Waals surface area contributed by atoms with Crippen LogP contribution in [0.2, 0.25) is 0 Å². The summed E-state index contributed by atoms with van der Waals surface area (Å²) in [6.45, 7) is 3.06. The van der Waals surface area contributed by atoms with Gasteiger partial charge in [0.1, 0.15) is 11.4 Å². The molecule has 0 aliphatic carbocycles. The second kappa shape index (κ2) is 4.40. The van der Waals surface area contributed by atoms with Crippen molar-refractivity contribution in [3.63, 3.8) is 0 Å². The zero-order chi connectivity index (χ0) is 9.68. The van der Waals surface area contributed by atoms with Crippen LogP contribution >= 0.6 is 0 Å². The third kappa shape index (κ3) is 3.07. The second-order valence-corrected chi connectivity index (χ2v) is 2.80. The van der Waals surface area contributed by atoms with Crippen LogP contribution in [0.3, 0.4) is 0 Å². The molecule has 0 N–H and O–H groups in total.